The molecule has 0 aliphatic rings. The van der Waals surface area contributed by atoms with E-state index in [2.05, 4.69) is 51.2 Å². The van der Waals surface area contributed by atoms with Crippen LogP contribution in [0.15, 0.2) is 30.3 Å². The van der Waals surface area contributed by atoms with Crippen molar-refractivity contribution < 1.29 is 0 Å². The topological polar surface area (TPSA) is 38.0 Å². The van der Waals surface area contributed by atoms with Crippen LogP contribution in [0.5, 0.6) is 0 Å². The van der Waals surface area contributed by atoms with Crippen molar-refractivity contribution in [3.05, 3.63) is 51.2 Å². The molecule has 0 unspecified atom stereocenters. The van der Waals surface area contributed by atoms with Crippen molar-refractivity contribution in [1.82, 2.24) is 5.32 Å². The minimum atomic E-state index is 0.106. The van der Waals surface area contributed by atoms with Gasteiger partial charge in [0, 0.05) is 33.9 Å². The number of nitrogen functional groups attached to an aromatic ring is 1. The first kappa shape index (κ1) is 15.1. The van der Waals surface area contributed by atoms with E-state index in [-0.39, 0.29) is 5.41 Å². The maximum Gasteiger partial charge on any atom is 0.0314 e. The van der Waals surface area contributed by atoms with Gasteiger partial charge in [-0.1, -0.05) is 26.0 Å². The first-order valence-corrected chi connectivity index (χ1v) is 7.83. The summed E-state index contributed by atoms with van der Waals surface area (Å²) in [6, 6.07) is 10.5. The summed E-state index contributed by atoms with van der Waals surface area (Å²) < 4.78 is 0. The van der Waals surface area contributed by atoms with E-state index in [9.17, 15) is 0 Å². The summed E-state index contributed by atoms with van der Waals surface area (Å²) in [6.45, 7) is 10.8. The van der Waals surface area contributed by atoms with Crippen molar-refractivity contribution in [1.29, 1.82) is 0 Å². The van der Waals surface area contributed by atoms with Gasteiger partial charge < -0.3 is 11.1 Å². The second kappa shape index (κ2) is 5.98. The number of thiophene rings is 1. The van der Waals surface area contributed by atoms with Crippen LogP contribution >= 0.6 is 11.3 Å². The van der Waals surface area contributed by atoms with E-state index in [1.54, 1.807) is 0 Å². The fraction of sp³-hybridized carbons (Fsp3) is 0.412. The van der Waals surface area contributed by atoms with E-state index < -0.39 is 0 Å². The lowest BCUT2D eigenvalue weighted by molar-refractivity contribution is 0.470. The minimum Gasteiger partial charge on any atom is -0.399 e. The quantitative estimate of drug-likeness (QED) is 0.816. The number of hydrogen-bond donors (Lipinski definition) is 2. The van der Waals surface area contributed by atoms with Crippen LogP contribution in [-0.2, 0) is 12.0 Å². The summed E-state index contributed by atoms with van der Waals surface area (Å²) in [4.78, 5) is 2.83. The predicted molar refractivity (Wildman–Crippen MR) is 89.4 cm³/mol. The summed E-state index contributed by atoms with van der Waals surface area (Å²) >= 11 is 1.88. The van der Waals surface area contributed by atoms with Crippen molar-refractivity contribution in [2.45, 2.75) is 39.7 Å². The third kappa shape index (κ3) is 3.62. The maximum atomic E-state index is 5.75. The lowest BCUT2D eigenvalue weighted by Crippen LogP contribution is -2.32. The zero-order valence-electron chi connectivity index (χ0n) is 12.8. The SMILES string of the molecule is Cc1cc(CNCC(C)(C)c2ccc(N)cc2)sc1C. The average Bonchev–Trinajstić information content (AvgIpc) is 2.69. The van der Waals surface area contributed by atoms with Gasteiger partial charge in [0.2, 0.25) is 0 Å². The Hall–Kier alpha value is -1.32. The Kier molecular flexibility index (Phi) is 4.51. The fourth-order valence-corrected chi connectivity index (χ4v) is 3.29. The molecule has 0 saturated carbocycles. The van der Waals surface area contributed by atoms with Gasteiger partial charge in [0.1, 0.15) is 0 Å². The van der Waals surface area contributed by atoms with Crippen LogP contribution in [-0.4, -0.2) is 6.54 Å². The van der Waals surface area contributed by atoms with Crippen LogP contribution in [0.1, 0.15) is 34.7 Å². The molecule has 2 aromatic rings. The van der Waals surface area contributed by atoms with Gasteiger partial charge >= 0.3 is 0 Å². The van der Waals surface area contributed by atoms with Gasteiger partial charge in [-0.15, -0.1) is 11.3 Å². The highest BCUT2D eigenvalue weighted by Gasteiger charge is 2.19. The monoisotopic (exact) mass is 288 g/mol. The van der Waals surface area contributed by atoms with Gasteiger partial charge in [0.25, 0.3) is 0 Å². The smallest absolute Gasteiger partial charge is 0.0314 e. The van der Waals surface area contributed by atoms with Gasteiger partial charge in [-0.25, -0.2) is 0 Å². The molecule has 3 heteroatoms. The zero-order chi connectivity index (χ0) is 14.8. The Labute approximate surface area is 126 Å². The molecule has 108 valence electrons. The summed E-state index contributed by atoms with van der Waals surface area (Å²) in [5.74, 6) is 0. The molecule has 1 heterocycles. The van der Waals surface area contributed by atoms with Crippen LogP contribution in [0.4, 0.5) is 5.69 Å². The molecular weight excluding hydrogens is 264 g/mol. The molecule has 0 aliphatic carbocycles. The Balaban J connectivity index is 1.93. The predicted octanol–water partition coefficient (Wildman–Crippen LogP) is 4.01. The molecule has 1 aromatic carbocycles. The zero-order valence-corrected chi connectivity index (χ0v) is 13.6. The normalized spacial score (nSPS) is 11.8. The standard InChI is InChI=1S/C17H24N2S/c1-12-9-16(20-13(12)2)10-19-11-17(3,4)14-5-7-15(18)8-6-14/h5-9,19H,10-11,18H2,1-4H3. The highest BCUT2D eigenvalue weighted by molar-refractivity contribution is 7.12. The van der Waals surface area contributed by atoms with Crippen molar-refractivity contribution in [2.75, 3.05) is 12.3 Å². The van der Waals surface area contributed by atoms with Gasteiger partial charge in [-0.2, -0.15) is 0 Å². The Morgan fingerprint density at radius 2 is 1.80 bits per heavy atom. The molecule has 0 amide bonds. The minimum absolute atomic E-state index is 0.106. The van der Waals surface area contributed by atoms with E-state index in [0.717, 1.165) is 18.8 Å². The second-order valence-electron chi connectivity index (χ2n) is 6.06. The molecule has 1 aromatic heterocycles. The average molecular weight is 288 g/mol. The van der Waals surface area contributed by atoms with E-state index in [1.807, 2.05) is 23.5 Å². The molecule has 0 radical (unpaired) electrons. The van der Waals surface area contributed by atoms with Crippen LogP contribution in [0.3, 0.4) is 0 Å². The number of anilines is 1. The summed E-state index contributed by atoms with van der Waals surface area (Å²) in [5, 5.41) is 3.57. The Bertz CT molecular complexity index is 548. The number of nitrogens with two attached hydrogens (primary N) is 1. The lowest BCUT2D eigenvalue weighted by atomic mass is 9.84. The molecule has 0 aliphatic heterocycles. The van der Waals surface area contributed by atoms with Crippen LogP contribution in [0.2, 0.25) is 0 Å². The van der Waals surface area contributed by atoms with Crippen molar-refractivity contribution in [3.63, 3.8) is 0 Å². The Morgan fingerprint density at radius 1 is 1.15 bits per heavy atom. The highest BCUT2D eigenvalue weighted by atomic mass is 32.1. The van der Waals surface area contributed by atoms with Gasteiger partial charge in [-0.05, 0) is 43.2 Å². The number of hydrogen-bond acceptors (Lipinski definition) is 3. The number of rotatable bonds is 5. The maximum absolute atomic E-state index is 5.75. The van der Waals surface area contributed by atoms with Gasteiger partial charge in [0.15, 0.2) is 0 Å². The number of benzene rings is 1. The van der Waals surface area contributed by atoms with Crippen LogP contribution in [0, 0.1) is 13.8 Å². The molecule has 0 fully saturated rings. The fourth-order valence-electron chi connectivity index (χ4n) is 2.27. The largest absolute Gasteiger partial charge is 0.399 e. The van der Waals surface area contributed by atoms with E-state index >= 15 is 0 Å². The lowest BCUT2D eigenvalue weighted by Gasteiger charge is -2.25. The van der Waals surface area contributed by atoms with Gasteiger partial charge in [-0.3, -0.25) is 0 Å². The molecular formula is C17H24N2S. The van der Waals surface area contributed by atoms with Crippen LogP contribution < -0.4 is 11.1 Å². The summed E-state index contributed by atoms with van der Waals surface area (Å²) in [5.41, 5.74) is 9.39. The van der Waals surface area contributed by atoms with Crippen molar-refractivity contribution >= 4 is 17.0 Å². The molecule has 0 spiro atoms. The third-order valence-electron chi connectivity index (χ3n) is 3.78. The molecule has 0 bridgehead atoms. The van der Waals surface area contributed by atoms with E-state index in [0.29, 0.717) is 0 Å². The summed E-state index contributed by atoms with van der Waals surface area (Å²) in [7, 11) is 0. The van der Waals surface area contributed by atoms with E-state index in [4.69, 9.17) is 5.73 Å². The first-order chi connectivity index (χ1) is 9.38. The third-order valence-corrected chi connectivity index (χ3v) is 4.93. The summed E-state index contributed by atoms with van der Waals surface area (Å²) in [6.07, 6.45) is 0. The van der Waals surface area contributed by atoms with Crippen molar-refractivity contribution in [2.24, 2.45) is 0 Å². The first-order valence-electron chi connectivity index (χ1n) is 7.01. The van der Waals surface area contributed by atoms with Crippen molar-refractivity contribution in [3.8, 4) is 0 Å². The molecule has 20 heavy (non-hydrogen) atoms. The second-order valence-corrected chi connectivity index (χ2v) is 7.40. The highest BCUT2D eigenvalue weighted by Crippen LogP contribution is 2.24. The van der Waals surface area contributed by atoms with Gasteiger partial charge in [0.05, 0.1) is 0 Å². The number of nitrogens with one attached hydrogen (secondary N) is 1. The molecule has 2 nitrogen and oxygen atoms in total. The van der Waals surface area contributed by atoms with E-state index in [1.165, 1.54) is 20.9 Å². The Morgan fingerprint density at radius 3 is 2.35 bits per heavy atom. The van der Waals surface area contributed by atoms with Crippen LogP contribution in [0.25, 0.3) is 0 Å². The molecule has 2 rings (SSSR count). The number of aryl methyl sites for hydroxylation is 2. The molecule has 0 saturated heterocycles. The molecule has 3 N–H and O–H groups in total. The molecule has 0 atom stereocenters.